The van der Waals surface area contributed by atoms with Gasteiger partial charge in [0.2, 0.25) is 10.0 Å². The third kappa shape index (κ3) is 4.04. The molecule has 2 heterocycles. The van der Waals surface area contributed by atoms with Crippen LogP contribution in [0, 0.1) is 5.92 Å². The number of likely N-dealkylation sites (tertiary alicyclic amines) is 1. The molecule has 0 spiro atoms. The molecule has 2 aliphatic rings. The van der Waals surface area contributed by atoms with Gasteiger partial charge in [0.15, 0.2) is 0 Å². The number of nitrogens with zero attached hydrogens (tertiary/aromatic N) is 3. The lowest BCUT2D eigenvalue weighted by Crippen LogP contribution is -2.47. The number of piperazine rings is 1. The highest BCUT2D eigenvalue weighted by Crippen LogP contribution is 2.22. The lowest BCUT2D eigenvalue weighted by atomic mass is 9.99. The van der Waals surface area contributed by atoms with Crippen molar-refractivity contribution in [3.8, 4) is 0 Å². The number of hydrogen-bond donors (Lipinski definition) is 0. The van der Waals surface area contributed by atoms with Gasteiger partial charge in [-0.05, 0) is 44.0 Å². The number of sulfonamides is 1. The SMILES string of the molecule is C[C@H]1CCCN(C(=O)c2cccc(S(=O)(=O)N3CCN(C)CC3)c2)C1. The van der Waals surface area contributed by atoms with E-state index in [2.05, 4.69) is 11.8 Å². The first-order valence-corrected chi connectivity index (χ1v) is 10.4. The van der Waals surface area contributed by atoms with E-state index in [1.54, 1.807) is 18.2 Å². The van der Waals surface area contributed by atoms with E-state index in [0.717, 1.165) is 39.0 Å². The smallest absolute Gasteiger partial charge is 0.253 e. The second-order valence-electron chi connectivity index (χ2n) is 7.23. The summed E-state index contributed by atoms with van der Waals surface area (Å²) in [6.07, 6.45) is 2.15. The largest absolute Gasteiger partial charge is 0.338 e. The summed E-state index contributed by atoms with van der Waals surface area (Å²) in [6, 6.07) is 6.51. The van der Waals surface area contributed by atoms with Crippen LogP contribution in [0.15, 0.2) is 29.2 Å². The van der Waals surface area contributed by atoms with Crippen LogP contribution in [-0.2, 0) is 10.0 Å². The Morgan fingerprint density at radius 1 is 1.12 bits per heavy atom. The molecule has 0 unspecified atom stereocenters. The highest BCUT2D eigenvalue weighted by atomic mass is 32.2. The van der Waals surface area contributed by atoms with E-state index in [-0.39, 0.29) is 10.8 Å². The molecule has 3 rings (SSSR count). The average Bonchev–Trinajstić information content (AvgIpc) is 2.61. The number of rotatable bonds is 3. The zero-order chi connectivity index (χ0) is 18.0. The van der Waals surface area contributed by atoms with Crippen LogP contribution in [0.5, 0.6) is 0 Å². The minimum Gasteiger partial charge on any atom is -0.338 e. The van der Waals surface area contributed by atoms with Crippen molar-refractivity contribution in [2.75, 3.05) is 46.3 Å². The van der Waals surface area contributed by atoms with Gasteiger partial charge >= 0.3 is 0 Å². The maximum absolute atomic E-state index is 12.9. The Morgan fingerprint density at radius 2 is 1.84 bits per heavy atom. The minimum atomic E-state index is -3.55. The summed E-state index contributed by atoms with van der Waals surface area (Å²) in [6.45, 7) is 6.06. The van der Waals surface area contributed by atoms with Crippen molar-refractivity contribution >= 4 is 15.9 Å². The number of carbonyl (C=O) groups is 1. The molecule has 7 heteroatoms. The van der Waals surface area contributed by atoms with Gasteiger partial charge in [0.05, 0.1) is 4.90 Å². The van der Waals surface area contributed by atoms with Crippen molar-refractivity contribution in [1.82, 2.24) is 14.1 Å². The van der Waals surface area contributed by atoms with Crippen LogP contribution < -0.4 is 0 Å². The molecule has 1 atom stereocenters. The Bertz CT molecular complexity index is 727. The fraction of sp³-hybridized carbons (Fsp3) is 0.611. The Kier molecular flexibility index (Phi) is 5.46. The van der Waals surface area contributed by atoms with Crippen molar-refractivity contribution in [2.24, 2.45) is 5.92 Å². The minimum absolute atomic E-state index is 0.0676. The molecule has 138 valence electrons. The number of amides is 1. The van der Waals surface area contributed by atoms with E-state index < -0.39 is 10.0 Å². The van der Waals surface area contributed by atoms with Crippen LogP contribution in [0.25, 0.3) is 0 Å². The topological polar surface area (TPSA) is 60.9 Å². The fourth-order valence-electron chi connectivity index (χ4n) is 3.52. The number of benzene rings is 1. The van der Waals surface area contributed by atoms with Crippen LogP contribution in [0.4, 0.5) is 0 Å². The van der Waals surface area contributed by atoms with Crippen molar-refractivity contribution in [3.63, 3.8) is 0 Å². The lowest BCUT2D eigenvalue weighted by Gasteiger charge is -2.32. The summed E-state index contributed by atoms with van der Waals surface area (Å²) in [4.78, 5) is 16.9. The first-order chi connectivity index (χ1) is 11.9. The van der Waals surface area contributed by atoms with Gasteiger partial charge < -0.3 is 9.80 Å². The quantitative estimate of drug-likeness (QED) is 0.814. The Hall–Kier alpha value is -1.44. The zero-order valence-electron chi connectivity index (χ0n) is 15.0. The third-order valence-corrected chi connectivity index (χ3v) is 7.02. The highest BCUT2D eigenvalue weighted by molar-refractivity contribution is 7.89. The summed E-state index contributed by atoms with van der Waals surface area (Å²) in [5.74, 6) is 0.428. The van der Waals surface area contributed by atoms with Gasteiger partial charge in [-0.3, -0.25) is 4.79 Å². The molecule has 2 aliphatic heterocycles. The van der Waals surface area contributed by atoms with Gasteiger partial charge in [0, 0.05) is 44.8 Å². The van der Waals surface area contributed by atoms with Crippen molar-refractivity contribution in [2.45, 2.75) is 24.7 Å². The molecule has 1 aromatic rings. The number of hydrogen-bond acceptors (Lipinski definition) is 4. The summed E-state index contributed by atoms with van der Waals surface area (Å²) in [5.41, 5.74) is 0.462. The molecule has 1 amide bonds. The van der Waals surface area contributed by atoms with Crippen LogP contribution in [-0.4, -0.2) is 74.7 Å². The maximum atomic E-state index is 12.9. The van der Waals surface area contributed by atoms with E-state index in [1.165, 1.54) is 10.4 Å². The van der Waals surface area contributed by atoms with Gasteiger partial charge in [0.25, 0.3) is 5.91 Å². The second-order valence-corrected chi connectivity index (χ2v) is 9.17. The standard InChI is InChI=1S/C18H27N3O3S/c1-15-5-4-8-20(14-15)18(22)16-6-3-7-17(13-16)25(23,24)21-11-9-19(2)10-12-21/h3,6-7,13,15H,4-5,8-12,14H2,1-2H3/t15-/m0/s1. The monoisotopic (exact) mass is 365 g/mol. The molecule has 1 aromatic carbocycles. The second kappa shape index (κ2) is 7.43. The van der Waals surface area contributed by atoms with Gasteiger partial charge in [-0.15, -0.1) is 0 Å². The predicted octanol–water partition coefficient (Wildman–Crippen LogP) is 1.49. The van der Waals surface area contributed by atoms with Gasteiger partial charge in [-0.2, -0.15) is 4.31 Å². The molecule has 0 aliphatic carbocycles. The van der Waals surface area contributed by atoms with Crippen molar-refractivity contribution in [3.05, 3.63) is 29.8 Å². The molecule has 0 bridgehead atoms. The fourth-order valence-corrected chi connectivity index (χ4v) is 4.99. The Labute approximate surface area is 150 Å². The molecular formula is C18H27N3O3S. The molecule has 0 radical (unpaired) electrons. The predicted molar refractivity (Wildman–Crippen MR) is 97.0 cm³/mol. The van der Waals surface area contributed by atoms with Gasteiger partial charge in [0.1, 0.15) is 0 Å². The summed E-state index contributed by atoms with van der Waals surface area (Å²) in [5, 5.41) is 0. The highest BCUT2D eigenvalue weighted by Gasteiger charge is 2.29. The third-order valence-electron chi connectivity index (χ3n) is 5.13. The first-order valence-electron chi connectivity index (χ1n) is 8.96. The molecule has 0 saturated carbocycles. The summed E-state index contributed by atoms with van der Waals surface area (Å²) in [7, 11) is -1.56. The van der Waals surface area contributed by atoms with Crippen molar-refractivity contribution < 1.29 is 13.2 Å². The van der Waals surface area contributed by atoms with E-state index in [9.17, 15) is 13.2 Å². The van der Waals surface area contributed by atoms with E-state index in [0.29, 0.717) is 24.6 Å². The van der Waals surface area contributed by atoms with Gasteiger partial charge in [-0.25, -0.2) is 8.42 Å². The number of likely N-dealkylation sites (N-methyl/N-ethyl adjacent to an activating group) is 1. The number of piperidine rings is 1. The normalized spacial score (nSPS) is 23.6. The molecule has 2 saturated heterocycles. The first kappa shape index (κ1) is 18.4. The summed E-state index contributed by atoms with van der Waals surface area (Å²) < 4.78 is 27.3. The van der Waals surface area contributed by atoms with Crippen LogP contribution in [0.1, 0.15) is 30.1 Å². The number of carbonyl (C=O) groups excluding carboxylic acids is 1. The van der Waals surface area contributed by atoms with E-state index in [4.69, 9.17) is 0 Å². The maximum Gasteiger partial charge on any atom is 0.253 e. The Balaban J connectivity index is 1.80. The molecule has 0 aromatic heterocycles. The molecular weight excluding hydrogens is 338 g/mol. The van der Waals surface area contributed by atoms with Crippen molar-refractivity contribution in [1.29, 1.82) is 0 Å². The molecule has 0 N–H and O–H groups in total. The van der Waals surface area contributed by atoms with Crippen LogP contribution in [0.2, 0.25) is 0 Å². The molecule has 2 fully saturated rings. The molecule has 25 heavy (non-hydrogen) atoms. The Morgan fingerprint density at radius 3 is 2.52 bits per heavy atom. The van der Waals surface area contributed by atoms with Crippen LogP contribution in [0.3, 0.4) is 0 Å². The van der Waals surface area contributed by atoms with Crippen LogP contribution >= 0.6 is 0 Å². The molecule has 6 nitrogen and oxygen atoms in total. The van der Waals surface area contributed by atoms with E-state index >= 15 is 0 Å². The lowest BCUT2D eigenvalue weighted by molar-refractivity contribution is 0.0683. The van der Waals surface area contributed by atoms with E-state index in [1.807, 2.05) is 11.9 Å². The average molecular weight is 365 g/mol. The summed E-state index contributed by atoms with van der Waals surface area (Å²) >= 11 is 0. The van der Waals surface area contributed by atoms with Gasteiger partial charge in [-0.1, -0.05) is 13.0 Å². The zero-order valence-corrected chi connectivity index (χ0v) is 15.8.